The zero-order chi connectivity index (χ0) is 11.0. The molecule has 88 valence electrons. The van der Waals surface area contributed by atoms with Crippen LogP contribution < -0.4 is 5.32 Å². The van der Waals surface area contributed by atoms with Crippen molar-refractivity contribution in [3.05, 3.63) is 23.7 Å². The summed E-state index contributed by atoms with van der Waals surface area (Å²) in [6, 6.07) is 1.06. The van der Waals surface area contributed by atoms with Gasteiger partial charge in [0.2, 0.25) is 6.79 Å². The first-order valence-electron chi connectivity index (χ1n) is 5.97. The van der Waals surface area contributed by atoms with Gasteiger partial charge in [-0.2, -0.15) is 0 Å². The van der Waals surface area contributed by atoms with Gasteiger partial charge in [0.15, 0.2) is 5.76 Å². The maximum atomic E-state index is 5.47. The second-order valence-corrected chi connectivity index (χ2v) is 4.67. The van der Waals surface area contributed by atoms with E-state index in [9.17, 15) is 0 Å². The number of ether oxygens (including phenoxy) is 2. The van der Waals surface area contributed by atoms with Gasteiger partial charge in [0.25, 0.3) is 0 Å². The third-order valence-electron chi connectivity index (χ3n) is 3.46. The molecule has 0 radical (unpaired) electrons. The van der Waals surface area contributed by atoms with Gasteiger partial charge >= 0.3 is 0 Å². The summed E-state index contributed by atoms with van der Waals surface area (Å²) in [5.74, 6) is 1.96. The Bertz CT molecular complexity index is 338. The minimum atomic E-state index is 0.389. The maximum Gasteiger partial charge on any atom is 0.230 e. The monoisotopic (exact) mass is 222 g/mol. The largest absolute Gasteiger partial charge is 0.458 e. The van der Waals surface area contributed by atoms with Gasteiger partial charge in [-0.25, -0.2) is 0 Å². The number of nitrogens with zero attached hydrogens (tertiary/aromatic N) is 1. The van der Waals surface area contributed by atoms with Gasteiger partial charge in [0.05, 0.1) is 0 Å². The minimum Gasteiger partial charge on any atom is -0.458 e. The molecule has 2 heterocycles. The van der Waals surface area contributed by atoms with Gasteiger partial charge in [0, 0.05) is 38.1 Å². The number of allylic oxidation sites excluding steroid dienone is 1. The summed E-state index contributed by atoms with van der Waals surface area (Å²) in [5, 5.41) is 3.46. The lowest BCUT2D eigenvalue weighted by Gasteiger charge is -2.37. The van der Waals surface area contributed by atoms with Crippen molar-refractivity contribution in [1.29, 1.82) is 0 Å². The van der Waals surface area contributed by atoms with E-state index in [0.717, 1.165) is 37.6 Å². The van der Waals surface area contributed by atoms with Gasteiger partial charge in [-0.3, -0.25) is 4.90 Å². The van der Waals surface area contributed by atoms with Crippen LogP contribution >= 0.6 is 0 Å². The van der Waals surface area contributed by atoms with E-state index in [4.69, 9.17) is 9.47 Å². The summed E-state index contributed by atoms with van der Waals surface area (Å²) in [7, 11) is 0. The Morgan fingerprint density at radius 3 is 3.25 bits per heavy atom. The fourth-order valence-electron chi connectivity index (χ4n) is 2.59. The molecular formula is C12H18N2O2. The van der Waals surface area contributed by atoms with E-state index < -0.39 is 0 Å². The Labute approximate surface area is 95.9 Å². The number of hydrogen-bond acceptors (Lipinski definition) is 4. The van der Waals surface area contributed by atoms with E-state index in [1.54, 1.807) is 0 Å². The predicted molar refractivity (Wildman–Crippen MR) is 60.6 cm³/mol. The minimum absolute atomic E-state index is 0.389. The smallest absolute Gasteiger partial charge is 0.230 e. The van der Waals surface area contributed by atoms with Gasteiger partial charge in [-0.15, -0.1) is 0 Å². The van der Waals surface area contributed by atoms with Crippen LogP contribution in [0, 0.1) is 0 Å². The molecule has 1 N–H and O–H groups in total. The van der Waals surface area contributed by atoms with Crippen LogP contribution in [0.2, 0.25) is 0 Å². The topological polar surface area (TPSA) is 33.7 Å². The third-order valence-corrected chi connectivity index (χ3v) is 3.46. The molecule has 4 nitrogen and oxygen atoms in total. The normalized spacial score (nSPS) is 34.6. The quantitative estimate of drug-likeness (QED) is 0.712. The van der Waals surface area contributed by atoms with Crippen LogP contribution in [-0.4, -0.2) is 43.4 Å². The highest BCUT2D eigenvalue weighted by molar-refractivity contribution is 5.26. The molecule has 16 heavy (non-hydrogen) atoms. The van der Waals surface area contributed by atoms with Crippen molar-refractivity contribution in [1.82, 2.24) is 10.2 Å². The van der Waals surface area contributed by atoms with E-state index in [1.807, 2.05) is 0 Å². The lowest BCUT2D eigenvalue weighted by molar-refractivity contribution is 0.0690. The molecule has 0 aromatic carbocycles. The summed E-state index contributed by atoms with van der Waals surface area (Å²) >= 11 is 0. The second kappa shape index (κ2) is 4.11. The number of hydrogen-bond donors (Lipinski definition) is 1. The fraction of sp³-hybridized carbons (Fsp3) is 0.667. The third kappa shape index (κ3) is 1.83. The van der Waals surface area contributed by atoms with Crippen LogP contribution in [0.25, 0.3) is 0 Å². The van der Waals surface area contributed by atoms with Crippen molar-refractivity contribution < 1.29 is 9.47 Å². The molecule has 2 atom stereocenters. The Morgan fingerprint density at radius 1 is 1.44 bits per heavy atom. The standard InChI is InChI=1S/C12H18N2O2/c1-9-7-14(5-4-13-9)10-2-3-11-12(6-10)16-8-15-11/h2-3,9-10,13H,4-8H2,1H3/t9-,10+/m1/s1. The van der Waals surface area contributed by atoms with Crippen LogP contribution in [0.3, 0.4) is 0 Å². The molecule has 4 heteroatoms. The Morgan fingerprint density at radius 2 is 2.38 bits per heavy atom. The molecule has 0 aromatic rings. The van der Waals surface area contributed by atoms with Crippen LogP contribution in [0.5, 0.6) is 0 Å². The molecule has 0 bridgehead atoms. The number of piperazine rings is 1. The molecule has 0 aromatic heterocycles. The van der Waals surface area contributed by atoms with Crippen molar-refractivity contribution in [3.63, 3.8) is 0 Å². The predicted octanol–water partition coefficient (Wildman–Crippen LogP) is 0.824. The lowest BCUT2D eigenvalue weighted by Crippen LogP contribution is -2.52. The lowest BCUT2D eigenvalue weighted by atomic mass is 10.0. The molecule has 0 saturated carbocycles. The van der Waals surface area contributed by atoms with Gasteiger partial charge in [-0.05, 0) is 13.0 Å². The highest BCUT2D eigenvalue weighted by Crippen LogP contribution is 2.28. The van der Waals surface area contributed by atoms with Crippen LogP contribution in [0.4, 0.5) is 0 Å². The van der Waals surface area contributed by atoms with Crippen molar-refractivity contribution in [2.45, 2.75) is 25.4 Å². The highest BCUT2D eigenvalue weighted by Gasteiger charge is 2.28. The first-order chi connectivity index (χ1) is 7.83. The molecule has 3 aliphatic rings. The van der Waals surface area contributed by atoms with Gasteiger partial charge in [-0.1, -0.05) is 6.08 Å². The zero-order valence-corrected chi connectivity index (χ0v) is 9.61. The Kier molecular flexibility index (Phi) is 2.61. The van der Waals surface area contributed by atoms with Crippen molar-refractivity contribution in [3.8, 4) is 0 Å². The molecule has 2 aliphatic heterocycles. The SMILES string of the molecule is C[C@@H]1CN([C@H]2C=CC3=C(C2)OCO3)CCN1. The molecule has 0 spiro atoms. The average molecular weight is 222 g/mol. The number of rotatable bonds is 1. The van der Waals surface area contributed by atoms with Crippen molar-refractivity contribution >= 4 is 0 Å². The first-order valence-corrected chi connectivity index (χ1v) is 5.97. The van der Waals surface area contributed by atoms with Crippen LogP contribution in [0.15, 0.2) is 23.7 Å². The van der Waals surface area contributed by atoms with Crippen LogP contribution in [0.1, 0.15) is 13.3 Å². The van der Waals surface area contributed by atoms with Crippen LogP contribution in [-0.2, 0) is 9.47 Å². The van der Waals surface area contributed by atoms with Gasteiger partial charge < -0.3 is 14.8 Å². The highest BCUT2D eigenvalue weighted by atomic mass is 16.7. The maximum absolute atomic E-state index is 5.47. The van der Waals surface area contributed by atoms with Gasteiger partial charge in [0.1, 0.15) is 5.76 Å². The summed E-state index contributed by atoms with van der Waals surface area (Å²) in [5.41, 5.74) is 0. The van der Waals surface area contributed by atoms with E-state index in [1.165, 1.54) is 0 Å². The molecule has 0 unspecified atom stereocenters. The number of nitrogens with one attached hydrogen (secondary N) is 1. The molecular weight excluding hydrogens is 204 g/mol. The molecule has 3 rings (SSSR count). The zero-order valence-electron chi connectivity index (χ0n) is 9.61. The van der Waals surface area contributed by atoms with E-state index in [2.05, 4.69) is 29.3 Å². The summed E-state index contributed by atoms with van der Waals surface area (Å²) in [6.45, 7) is 5.92. The van der Waals surface area contributed by atoms with Crippen molar-refractivity contribution in [2.75, 3.05) is 26.4 Å². The summed E-state index contributed by atoms with van der Waals surface area (Å²) in [4.78, 5) is 2.52. The van der Waals surface area contributed by atoms with E-state index in [-0.39, 0.29) is 0 Å². The fourth-order valence-corrected chi connectivity index (χ4v) is 2.59. The summed E-state index contributed by atoms with van der Waals surface area (Å²) < 4.78 is 10.8. The molecule has 1 aliphatic carbocycles. The molecule has 1 saturated heterocycles. The average Bonchev–Trinajstić information content (AvgIpc) is 2.75. The molecule has 1 fully saturated rings. The first kappa shape index (κ1) is 10.2. The second-order valence-electron chi connectivity index (χ2n) is 4.67. The Balaban J connectivity index is 1.67. The van der Waals surface area contributed by atoms with E-state index >= 15 is 0 Å². The summed E-state index contributed by atoms with van der Waals surface area (Å²) in [6.07, 6.45) is 5.26. The Hall–Kier alpha value is -1.00. The molecule has 0 amide bonds. The van der Waals surface area contributed by atoms with Crippen molar-refractivity contribution in [2.24, 2.45) is 0 Å². The van der Waals surface area contributed by atoms with E-state index in [0.29, 0.717) is 18.9 Å².